The van der Waals surface area contributed by atoms with Gasteiger partial charge in [-0.15, -0.1) is 0 Å². The lowest BCUT2D eigenvalue weighted by Crippen LogP contribution is -2.46. The Hall–Kier alpha value is -1.02. The number of carbonyl (C=O) groups is 2. The number of hydrogen-bond donors (Lipinski definition) is 5. The van der Waals surface area contributed by atoms with E-state index in [9.17, 15) is 9.59 Å². The SMILES string of the molecule is O=C(CO)[C@@H](O)[C@H](O)[C@@H](O)C(=O)O. The van der Waals surface area contributed by atoms with Gasteiger partial charge < -0.3 is 25.5 Å². The number of rotatable bonds is 5. The summed E-state index contributed by atoms with van der Waals surface area (Å²) in [7, 11) is 0. The van der Waals surface area contributed by atoms with Crippen molar-refractivity contribution in [2.75, 3.05) is 6.61 Å². The summed E-state index contributed by atoms with van der Waals surface area (Å²) in [5.41, 5.74) is 0. The van der Waals surface area contributed by atoms with Crippen molar-refractivity contribution in [3.8, 4) is 0 Å². The number of aliphatic hydroxyl groups is 4. The summed E-state index contributed by atoms with van der Waals surface area (Å²) in [6.07, 6.45) is -6.50. The van der Waals surface area contributed by atoms with Gasteiger partial charge in [-0.05, 0) is 0 Å². The van der Waals surface area contributed by atoms with Gasteiger partial charge >= 0.3 is 5.97 Å². The maximum absolute atomic E-state index is 10.5. The Morgan fingerprint density at radius 3 is 1.85 bits per heavy atom. The van der Waals surface area contributed by atoms with Gasteiger partial charge in [-0.2, -0.15) is 0 Å². The Morgan fingerprint density at radius 2 is 1.54 bits per heavy atom. The Bertz CT molecular complexity index is 201. The first-order valence-corrected chi connectivity index (χ1v) is 3.32. The number of hydrogen-bond acceptors (Lipinski definition) is 6. The molecule has 7 nitrogen and oxygen atoms in total. The average molecular weight is 194 g/mol. The van der Waals surface area contributed by atoms with Crippen molar-refractivity contribution >= 4 is 11.8 Å². The Morgan fingerprint density at radius 1 is 1.08 bits per heavy atom. The number of carboxylic acid groups (broad SMARTS) is 1. The van der Waals surface area contributed by atoms with Crippen LogP contribution in [0.25, 0.3) is 0 Å². The van der Waals surface area contributed by atoms with Crippen molar-refractivity contribution in [3.05, 3.63) is 0 Å². The highest BCUT2D eigenvalue weighted by Crippen LogP contribution is 2.01. The van der Waals surface area contributed by atoms with E-state index in [0.717, 1.165) is 0 Å². The number of carboxylic acids is 1. The first kappa shape index (κ1) is 12.0. The van der Waals surface area contributed by atoms with Crippen LogP contribution in [-0.4, -0.2) is 62.2 Å². The summed E-state index contributed by atoms with van der Waals surface area (Å²) in [5, 5.41) is 42.7. The molecule has 0 spiro atoms. The normalized spacial score (nSPS) is 17.5. The van der Waals surface area contributed by atoms with E-state index in [-0.39, 0.29) is 0 Å². The molecule has 0 radical (unpaired) electrons. The minimum absolute atomic E-state index is 1.04. The van der Waals surface area contributed by atoms with E-state index < -0.39 is 36.7 Å². The standard InChI is InChI=1S/C6H10O7/c7-1-2(8)3(9)4(10)5(11)6(12)13/h3-5,7,9-11H,1H2,(H,12,13)/t3-,4+,5-/m1/s1. The topological polar surface area (TPSA) is 135 Å². The second kappa shape index (κ2) is 4.87. The quantitative estimate of drug-likeness (QED) is 0.309. The predicted octanol–water partition coefficient (Wildman–Crippen LogP) is -3.28. The van der Waals surface area contributed by atoms with Crippen LogP contribution in [0.1, 0.15) is 0 Å². The molecule has 0 saturated heterocycles. The molecular weight excluding hydrogens is 184 g/mol. The van der Waals surface area contributed by atoms with E-state index in [1.807, 2.05) is 0 Å². The molecule has 0 amide bonds. The third-order valence-electron chi connectivity index (χ3n) is 1.39. The molecule has 0 fully saturated rings. The van der Waals surface area contributed by atoms with Crippen molar-refractivity contribution in [3.63, 3.8) is 0 Å². The van der Waals surface area contributed by atoms with Crippen molar-refractivity contribution in [2.24, 2.45) is 0 Å². The molecule has 0 rings (SSSR count). The third kappa shape index (κ3) is 3.07. The molecule has 0 aromatic rings. The Kier molecular flexibility index (Phi) is 4.49. The molecule has 0 aliphatic heterocycles. The summed E-state index contributed by atoms with van der Waals surface area (Å²) < 4.78 is 0. The van der Waals surface area contributed by atoms with Gasteiger partial charge in [-0.3, -0.25) is 4.79 Å². The number of carbonyl (C=O) groups excluding carboxylic acids is 1. The van der Waals surface area contributed by atoms with Gasteiger partial charge in [0.2, 0.25) is 0 Å². The van der Waals surface area contributed by atoms with Gasteiger partial charge in [0.1, 0.15) is 18.8 Å². The lowest BCUT2D eigenvalue weighted by atomic mass is 10.1. The zero-order valence-electron chi connectivity index (χ0n) is 6.49. The maximum Gasteiger partial charge on any atom is 0.335 e. The maximum atomic E-state index is 10.5. The molecule has 3 atom stereocenters. The molecule has 13 heavy (non-hydrogen) atoms. The van der Waals surface area contributed by atoms with E-state index in [1.54, 1.807) is 0 Å². The zero-order chi connectivity index (χ0) is 10.6. The lowest BCUT2D eigenvalue weighted by molar-refractivity contribution is -0.161. The minimum atomic E-state index is -2.26. The summed E-state index contributed by atoms with van der Waals surface area (Å²) in [6.45, 7) is -1.04. The second-order valence-corrected chi connectivity index (χ2v) is 2.34. The molecule has 0 saturated carbocycles. The first-order valence-electron chi connectivity index (χ1n) is 3.32. The smallest absolute Gasteiger partial charge is 0.335 e. The number of aliphatic hydroxyl groups excluding tert-OH is 4. The zero-order valence-corrected chi connectivity index (χ0v) is 6.49. The van der Waals surface area contributed by atoms with Crippen LogP contribution in [-0.2, 0) is 9.59 Å². The molecule has 0 aliphatic rings. The van der Waals surface area contributed by atoms with Crippen LogP contribution in [0.15, 0.2) is 0 Å². The van der Waals surface area contributed by atoms with Crippen LogP contribution >= 0.6 is 0 Å². The van der Waals surface area contributed by atoms with Crippen LogP contribution in [0.4, 0.5) is 0 Å². The fraction of sp³-hybridized carbons (Fsp3) is 0.667. The average Bonchev–Trinajstić information content (AvgIpc) is 2.12. The molecule has 0 heterocycles. The summed E-state index contributed by atoms with van der Waals surface area (Å²) in [6, 6.07) is 0. The van der Waals surface area contributed by atoms with Crippen molar-refractivity contribution in [2.45, 2.75) is 18.3 Å². The van der Waals surface area contributed by atoms with Gasteiger partial charge in [0.15, 0.2) is 11.9 Å². The summed E-state index contributed by atoms with van der Waals surface area (Å²) in [4.78, 5) is 20.6. The van der Waals surface area contributed by atoms with Gasteiger partial charge in [-0.25, -0.2) is 4.79 Å². The van der Waals surface area contributed by atoms with Crippen molar-refractivity contribution in [1.29, 1.82) is 0 Å². The van der Waals surface area contributed by atoms with Crippen LogP contribution < -0.4 is 0 Å². The summed E-state index contributed by atoms with van der Waals surface area (Å²) >= 11 is 0. The molecule has 0 aromatic carbocycles. The lowest BCUT2D eigenvalue weighted by Gasteiger charge is -2.17. The second-order valence-electron chi connectivity index (χ2n) is 2.34. The highest BCUT2D eigenvalue weighted by atomic mass is 16.4. The molecule has 0 bridgehead atoms. The molecule has 0 aliphatic carbocycles. The number of ketones is 1. The monoisotopic (exact) mass is 194 g/mol. The Labute approximate surface area is 72.9 Å². The third-order valence-corrected chi connectivity index (χ3v) is 1.39. The van der Waals surface area contributed by atoms with E-state index >= 15 is 0 Å². The highest BCUT2D eigenvalue weighted by molar-refractivity contribution is 5.85. The first-order chi connectivity index (χ1) is 5.91. The van der Waals surface area contributed by atoms with Gasteiger partial charge in [0, 0.05) is 0 Å². The largest absolute Gasteiger partial charge is 0.479 e. The van der Waals surface area contributed by atoms with E-state index in [2.05, 4.69) is 0 Å². The molecule has 5 N–H and O–H groups in total. The molecule has 7 heteroatoms. The summed E-state index contributed by atoms with van der Waals surface area (Å²) in [5.74, 6) is -2.93. The van der Waals surface area contributed by atoms with Gasteiger partial charge in [-0.1, -0.05) is 0 Å². The molecule has 76 valence electrons. The predicted molar refractivity (Wildman–Crippen MR) is 37.7 cm³/mol. The van der Waals surface area contributed by atoms with Crippen LogP contribution in [0, 0.1) is 0 Å². The van der Waals surface area contributed by atoms with Crippen LogP contribution in [0.2, 0.25) is 0 Å². The highest BCUT2D eigenvalue weighted by Gasteiger charge is 2.33. The van der Waals surface area contributed by atoms with Crippen LogP contribution in [0.3, 0.4) is 0 Å². The van der Waals surface area contributed by atoms with E-state index in [4.69, 9.17) is 25.5 Å². The number of aliphatic carboxylic acids is 1. The fourth-order valence-electron chi connectivity index (χ4n) is 0.603. The Balaban J connectivity index is 4.32. The molecule has 0 unspecified atom stereocenters. The number of Topliss-reactive ketones (excluding diaryl/α,β-unsaturated/α-hetero) is 1. The molecule has 0 aromatic heterocycles. The van der Waals surface area contributed by atoms with Crippen LogP contribution in [0.5, 0.6) is 0 Å². The fourth-order valence-corrected chi connectivity index (χ4v) is 0.603. The van der Waals surface area contributed by atoms with E-state index in [1.165, 1.54) is 0 Å². The van der Waals surface area contributed by atoms with E-state index in [0.29, 0.717) is 0 Å². The minimum Gasteiger partial charge on any atom is -0.479 e. The van der Waals surface area contributed by atoms with Gasteiger partial charge in [0.25, 0.3) is 0 Å². The van der Waals surface area contributed by atoms with Crippen molar-refractivity contribution in [1.82, 2.24) is 0 Å². The van der Waals surface area contributed by atoms with Gasteiger partial charge in [0.05, 0.1) is 0 Å². The van der Waals surface area contributed by atoms with Crippen molar-refractivity contribution < 1.29 is 35.1 Å². The molecular formula is C6H10O7.